The van der Waals surface area contributed by atoms with Crippen molar-refractivity contribution in [2.24, 2.45) is 0 Å². The van der Waals surface area contributed by atoms with Crippen LogP contribution in [0.25, 0.3) is 0 Å². The van der Waals surface area contributed by atoms with Gasteiger partial charge >= 0.3 is 0 Å². The van der Waals surface area contributed by atoms with E-state index in [0.29, 0.717) is 0 Å². The van der Waals surface area contributed by atoms with Crippen LogP contribution in [0.3, 0.4) is 0 Å². The molecule has 2 nitrogen and oxygen atoms in total. The molecule has 1 unspecified atom stereocenters. The molecule has 2 heteroatoms. The summed E-state index contributed by atoms with van der Waals surface area (Å²) in [6.45, 7) is 5.27. The minimum absolute atomic E-state index is 0.301. The average Bonchev–Trinajstić information content (AvgIpc) is 2.74. The van der Waals surface area contributed by atoms with Gasteiger partial charge in [0.2, 0.25) is 0 Å². The highest BCUT2D eigenvalue weighted by Gasteiger charge is 1.98. The zero-order valence-corrected chi connectivity index (χ0v) is 20.5. The fourth-order valence-electron chi connectivity index (χ4n) is 4.15. The second-order valence-corrected chi connectivity index (χ2v) is 9.30. The van der Waals surface area contributed by atoms with Gasteiger partial charge in [-0.15, -0.1) is 0 Å². The zero-order valence-electron chi connectivity index (χ0n) is 20.5. The largest absolute Gasteiger partial charge is 0.379 e. The third-order valence-electron chi connectivity index (χ3n) is 6.30. The summed E-state index contributed by atoms with van der Waals surface area (Å²) >= 11 is 0. The standard InChI is InChI=1S/C27H57NO/c1-3-5-6-7-8-9-10-11-12-13-14-15-16-17-18-19-20-21-22-23-24-25-26-28-27(29)4-2/h27-29H,3-26H2,1-2H3. The van der Waals surface area contributed by atoms with E-state index < -0.39 is 0 Å². The first-order valence-corrected chi connectivity index (χ1v) is 13.7. The van der Waals surface area contributed by atoms with Gasteiger partial charge < -0.3 is 5.11 Å². The Bertz CT molecular complexity index is 282. The van der Waals surface area contributed by atoms with Crippen LogP contribution in [-0.4, -0.2) is 17.9 Å². The lowest BCUT2D eigenvalue weighted by atomic mass is 10.0. The van der Waals surface area contributed by atoms with Gasteiger partial charge in [-0.1, -0.05) is 149 Å². The van der Waals surface area contributed by atoms with Crippen molar-refractivity contribution < 1.29 is 5.11 Å². The van der Waals surface area contributed by atoms with Crippen LogP contribution in [0.4, 0.5) is 0 Å². The third kappa shape index (κ3) is 25.9. The van der Waals surface area contributed by atoms with Crippen molar-refractivity contribution in [2.75, 3.05) is 6.54 Å². The monoisotopic (exact) mass is 411 g/mol. The fourth-order valence-corrected chi connectivity index (χ4v) is 4.15. The lowest BCUT2D eigenvalue weighted by Gasteiger charge is -2.09. The van der Waals surface area contributed by atoms with Crippen molar-refractivity contribution in [3.63, 3.8) is 0 Å². The molecule has 0 radical (unpaired) electrons. The third-order valence-corrected chi connectivity index (χ3v) is 6.30. The Morgan fingerprint density at radius 3 is 1.00 bits per heavy atom. The topological polar surface area (TPSA) is 32.3 Å². The summed E-state index contributed by atoms with van der Waals surface area (Å²) in [7, 11) is 0. The van der Waals surface area contributed by atoms with Crippen LogP contribution in [-0.2, 0) is 0 Å². The summed E-state index contributed by atoms with van der Waals surface area (Å²) in [5, 5.41) is 12.6. The van der Waals surface area contributed by atoms with E-state index in [9.17, 15) is 5.11 Å². The molecule has 0 heterocycles. The Labute approximate surface area is 185 Å². The molecule has 0 aliphatic heterocycles. The average molecular weight is 412 g/mol. The number of aliphatic hydroxyl groups excluding tert-OH is 1. The van der Waals surface area contributed by atoms with E-state index in [2.05, 4.69) is 12.2 Å². The molecule has 0 spiro atoms. The van der Waals surface area contributed by atoms with E-state index >= 15 is 0 Å². The van der Waals surface area contributed by atoms with Gasteiger partial charge in [0.25, 0.3) is 0 Å². The van der Waals surface area contributed by atoms with Gasteiger partial charge in [-0.2, -0.15) is 0 Å². The Morgan fingerprint density at radius 2 is 0.724 bits per heavy atom. The molecule has 0 bridgehead atoms. The molecule has 0 aromatic rings. The summed E-state index contributed by atoms with van der Waals surface area (Å²) in [5.41, 5.74) is 0. The molecule has 0 rings (SSSR count). The minimum atomic E-state index is -0.301. The number of rotatable bonds is 25. The number of nitrogens with one attached hydrogen (secondary N) is 1. The van der Waals surface area contributed by atoms with Gasteiger partial charge in [0.05, 0.1) is 0 Å². The van der Waals surface area contributed by atoms with Crippen LogP contribution >= 0.6 is 0 Å². The molecule has 0 aliphatic rings. The highest BCUT2D eigenvalue weighted by molar-refractivity contribution is 4.53. The van der Waals surface area contributed by atoms with E-state index in [-0.39, 0.29) is 6.23 Å². The highest BCUT2D eigenvalue weighted by Crippen LogP contribution is 2.15. The Morgan fingerprint density at radius 1 is 0.448 bits per heavy atom. The number of hydrogen-bond acceptors (Lipinski definition) is 2. The second kappa shape index (κ2) is 26.0. The van der Waals surface area contributed by atoms with E-state index in [0.717, 1.165) is 13.0 Å². The lowest BCUT2D eigenvalue weighted by Crippen LogP contribution is -2.28. The van der Waals surface area contributed by atoms with Crippen molar-refractivity contribution in [3.05, 3.63) is 0 Å². The Kier molecular flexibility index (Phi) is 25.9. The van der Waals surface area contributed by atoms with Gasteiger partial charge in [0, 0.05) is 0 Å². The predicted molar refractivity (Wildman–Crippen MR) is 132 cm³/mol. The van der Waals surface area contributed by atoms with E-state index in [4.69, 9.17) is 0 Å². The van der Waals surface area contributed by atoms with Crippen LogP contribution in [0, 0.1) is 0 Å². The first-order chi connectivity index (χ1) is 14.3. The summed E-state index contributed by atoms with van der Waals surface area (Å²) in [6.07, 6.45) is 32.0. The summed E-state index contributed by atoms with van der Waals surface area (Å²) in [6, 6.07) is 0. The summed E-state index contributed by atoms with van der Waals surface area (Å²) < 4.78 is 0. The normalized spacial score (nSPS) is 12.5. The molecule has 1 atom stereocenters. The number of aliphatic hydroxyl groups is 1. The molecular weight excluding hydrogens is 354 g/mol. The predicted octanol–water partition coefficient (Wildman–Crippen LogP) is 8.91. The maximum atomic E-state index is 9.42. The van der Waals surface area contributed by atoms with Crippen LogP contribution in [0.2, 0.25) is 0 Å². The molecular formula is C27H57NO. The van der Waals surface area contributed by atoms with Crippen molar-refractivity contribution in [1.29, 1.82) is 0 Å². The molecule has 0 saturated carbocycles. The quantitative estimate of drug-likeness (QED) is 0.116. The van der Waals surface area contributed by atoms with Crippen LogP contribution in [0.1, 0.15) is 162 Å². The Hall–Kier alpha value is -0.0800. The molecule has 29 heavy (non-hydrogen) atoms. The highest BCUT2D eigenvalue weighted by atomic mass is 16.3. The fraction of sp³-hybridized carbons (Fsp3) is 1.00. The van der Waals surface area contributed by atoms with Crippen LogP contribution in [0.5, 0.6) is 0 Å². The van der Waals surface area contributed by atoms with Gasteiger partial charge in [-0.05, 0) is 19.4 Å². The molecule has 0 fully saturated rings. The molecule has 2 N–H and O–H groups in total. The lowest BCUT2D eigenvalue weighted by molar-refractivity contribution is 0.133. The first-order valence-electron chi connectivity index (χ1n) is 13.7. The van der Waals surface area contributed by atoms with Crippen molar-refractivity contribution >= 4 is 0 Å². The molecule has 0 amide bonds. The van der Waals surface area contributed by atoms with Crippen LogP contribution < -0.4 is 5.32 Å². The summed E-state index contributed by atoms with van der Waals surface area (Å²) in [5.74, 6) is 0. The zero-order chi connectivity index (χ0) is 21.3. The molecule has 176 valence electrons. The van der Waals surface area contributed by atoms with Gasteiger partial charge in [-0.25, -0.2) is 0 Å². The first kappa shape index (κ1) is 28.9. The van der Waals surface area contributed by atoms with E-state index in [1.807, 2.05) is 6.92 Å². The van der Waals surface area contributed by atoms with Gasteiger partial charge in [0.1, 0.15) is 6.23 Å². The van der Waals surface area contributed by atoms with Crippen molar-refractivity contribution in [2.45, 2.75) is 168 Å². The van der Waals surface area contributed by atoms with Gasteiger partial charge in [-0.3, -0.25) is 5.32 Å². The number of hydrogen-bond donors (Lipinski definition) is 2. The second-order valence-electron chi connectivity index (χ2n) is 9.30. The van der Waals surface area contributed by atoms with Crippen LogP contribution in [0.15, 0.2) is 0 Å². The maximum Gasteiger partial charge on any atom is 0.104 e. The molecule has 0 aromatic carbocycles. The maximum absolute atomic E-state index is 9.42. The van der Waals surface area contributed by atoms with Crippen molar-refractivity contribution in [1.82, 2.24) is 5.32 Å². The number of unbranched alkanes of at least 4 members (excludes halogenated alkanes) is 21. The minimum Gasteiger partial charge on any atom is -0.379 e. The van der Waals surface area contributed by atoms with E-state index in [1.165, 1.54) is 141 Å². The smallest absolute Gasteiger partial charge is 0.104 e. The molecule has 0 aromatic heterocycles. The molecule has 0 aliphatic carbocycles. The molecule has 0 saturated heterocycles. The Balaban J connectivity index is 3.00. The SMILES string of the molecule is CCCCCCCCCCCCCCCCCCCCCCCCNC(O)CC. The van der Waals surface area contributed by atoms with Crippen molar-refractivity contribution in [3.8, 4) is 0 Å². The summed E-state index contributed by atoms with van der Waals surface area (Å²) in [4.78, 5) is 0. The van der Waals surface area contributed by atoms with E-state index in [1.54, 1.807) is 0 Å². The van der Waals surface area contributed by atoms with Gasteiger partial charge in [0.15, 0.2) is 0 Å².